The van der Waals surface area contributed by atoms with Crippen molar-refractivity contribution in [3.8, 4) is 0 Å². The van der Waals surface area contributed by atoms with E-state index in [1.54, 1.807) is 0 Å². The minimum absolute atomic E-state index is 0.192. The molecule has 0 aromatic carbocycles. The van der Waals surface area contributed by atoms with Gasteiger partial charge in [0.2, 0.25) is 0 Å². The molecule has 0 aliphatic heterocycles. The minimum atomic E-state index is -0.255. The molecule has 0 N–H and O–H groups in total. The fourth-order valence-electron chi connectivity index (χ4n) is 1.14. The molecule has 0 spiro atoms. The number of esters is 1. The Morgan fingerprint density at radius 3 is 2.27 bits per heavy atom. The molecule has 0 radical (unpaired) electrons. The van der Waals surface area contributed by atoms with Gasteiger partial charge in [-0.2, -0.15) is 0 Å². The number of unbranched alkanes of at least 4 members (excludes halogenated alkanes) is 2. The average molecular weight is 407 g/mol. The molecule has 15 heavy (non-hydrogen) atoms. The van der Waals surface area contributed by atoms with Crippen molar-refractivity contribution in [2.75, 3.05) is 0 Å². The molecule has 0 fully saturated rings. The lowest BCUT2D eigenvalue weighted by atomic mass is 10.1. The smallest absolute Gasteiger partial charge is 0.303 e. The molecule has 88 valence electrons. The van der Waals surface area contributed by atoms with Gasteiger partial charge in [-0.3, -0.25) is 4.79 Å². The van der Waals surface area contributed by atoms with E-state index in [9.17, 15) is 4.79 Å². The Labute approximate surface area is 116 Å². The second-order valence-corrected chi connectivity index (χ2v) is 6.71. The zero-order chi connectivity index (χ0) is 11.8. The Balaban J connectivity index is 4.31. The van der Waals surface area contributed by atoms with Gasteiger partial charge in [0.25, 0.3) is 0 Å². The summed E-state index contributed by atoms with van der Waals surface area (Å²) in [7, 11) is 0. The van der Waals surface area contributed by atoms with Gasteiger partial charge in [0.05, 0.1) is 7.87 Å². The van der Waals surface area contributed by atoms with Gasteiger partial charge in [0.1, 0.15) is 6.10 Å². The summed E-state index contributed by atoms with van der Waals surface area (Å²) in [6.45, 7) is 3.57. The van der Waals surface area contributed by atoms with Gasteiger partial charge >= 0.3 is 5.97 Å². The van der Waals surface area contributed by atoms with Gasteiger partial charge < -0.3 is 4.74 Å². The summed E-state index contributed by atoms with van der Waals surface area (Å²) in [6, 6.07) is 0. The van der Waals surface area contributed by atoms with Crippen molar-refractivity contribution in [2.45, 2.75) is 45.6 Å². The maximum atomic E-state index is 10.9. The van der Waals surface area contributed by atoms with E-state index in [1.807, 2.05) is 0 Å². The monoisotopic (exact) mass is 404 g/mol. The highest BCUT2D eigenvalue weighted by molar-refractivity contribution is 9.29. The van der Waals surface area contributed by atoms with Crippen molar-refractivity contribution in [3.63, 3.8) is 0 Å². The molecule has 2 nitrogen and oxygen atoms in total. The highest BCUT2D eigenvalue weighted by atomic mass is 79.9. The van der Waals surface area contributed by atoms with Crippen LogP contribution in [0.5, 0.6) is 0 Å². The van der Waals surface area contributed by atoms with Crippen LogP contribution in [0.3, 0.4) is 0 Å². The molecule has 0 saturated carbocycles. The van der Waals surface area contributed by atoms with Gasteiger partial charge in [-0.1, -0.05) is 19.8 Å². The first-order chi connectivity index (χ1) is 6.99. The van der Waals surface area contributed by atoms with E-state index in [0.29, 0.717) is 0 Å². The van der Waals surface area contributed by atoms with Crippen LogP contribution >= 0.6 is 47.8 Å². The molecule has 0 aromatic rings. The van der Waals surface area contributed by atoms with E-state index in [0.717, 1.165) is 33.6 Å². The number of halogens is 3. The summed E-state index contributed by atoms with van der Waals surface area (Å²) >= 11 is 9.99. The van der Waals surface area contributed by atoms with E-state index in [4.69, 9.17) is 4.74 Å². The van der Waals surface area contributed by atoms with Gasteiger partial charge in [0, 0.05) is 6.92 Å². The molecule has 0 rings (SSSR count). The van der Waals surface area contributed by atoms with Crippen LogP contribution in [0.4, 0.5) is 0 Å². The normalized spacial score (nSPS) is 12.1. The lowest BCUT2D eigenvalue weighted by molar-refractivity contribution is -0.144. The van der Waals surface area contributed by atoms with Crippen molar-refractivity contribution in [2.24, 2.45) is 0 Å². The summed E-state index contributed by atoms with van der Waals surface area (Å²) < 4.78 is 6.85. The molecule has 1 atom stereocenters. The van der Waals surface area contributed by atoms with Gasteiger partial charge in [0.15, 0.2) is 0 Å². The van der Waals surface area contributed by atoms with Crippen molar-refractivity contribution in [3.05, 3.63) is 7.87 Å². The molecule has 5 heteroatoms. The SMILES string of the molecule is CCCCCC(OC(C)=O)C(Br)=C(Br)Br. The van der Waals surface area contributed by atoms with E-state index in [-0.39, 0.29) is 12.1 Å². The Morgan fingerprint density at radius 2 is 1.87 bits per heavy atom. The number of hydrogen-bond donors (Lipinski definition) is 0. The van der Waals surface area contributed by atoms with Crippen LogP contribution in [0.2, 0.25) is 0 Å². The molecule has 0 heterocycles. The average Bonchev–Trinajstić information content (AvgIpc) is 2.14. The topological polar surface area (TPSA) is 26.3 Å². The van der Waals surface area contributed by atoms with Crippen LogP contribution in [0, 0.1) is 0 Å². The maximum absolute atomic E-state index is 10.9. The number of carbonyl (C=O) groups is 1. The molecule has 0 aliphatic rings. The third-order valence-corrected chi connectivity index (χ3v) is 4.67. The number of rotatable bonds is 6. The second-order valence-electron chi connectivity index (χ2n) is 3.20. The van der Waals surface area contributed by atoms with E-state index >= 15 is 0 Å². The number of ether oxygens (including phenoxy) is 1. The summed E-state index contributed by atoms with van der Waals surface area (Å²) in [5.41, 5.74) is 0. The van der Waals surface area contributed by atoms with Gasteiger partial charge in [-0.25, -0.2) is 0 Å². The quantitative estimate of drug-likeness (QED) is 0.465. The van der Waals surface area contributed by atoms with Crippen LogP contribution in [0.15, 0.2) is 7.87 Å². The fourth-order valence-corrected chi connectivity index (χ4v) is 1.97. The first kappa shape index (κ1) is 15.7. The largest absolute Gasteiger partial charge is 0.457 e. The summed E-state index contributed by atoms with van der Waals surface area (Å²) in [5.74, 6) is -0.255. The predicted molar refractivity (Wildman–Crippen MR) is 73.5 cm³/mol. The Morgan fingerprint density at radius 1 is 1.27 bits per heavy atom. The van der Waals surface area contributed by atoms with Crippen LogP contribution in [-0.4, -0.2) is 12.1 Å². The zero-order valence-corrected chi connectivity index (χ0v) is 13.6. The molecule has 0 aromatic heterocycles. The molecular formula is C10H15Br3O2. The third kappa shape index (κ3) is 7.53. The molecule has 1 unspecified atom stereocenters. The number of carbonyl (C=O) groups excluding carboxylic acids is 1. The molecule has 0 amide bonds. The first-order valence-corrected chi connectivity index (χ1v) is 7.24. The molecule has 0 aliphatic carbocycles. The van der Waals surface area contributed by atoms with Crippen molar-refractivity contribution in [1.82, 2.24) is 0 Å². The fraction of sp³-hybridized carbons (Fsp3) is 0.700. The van der Waals surface area contributed by atoms with Crippen LogP contribution in [0.1, 0.15) is 39.5 Å². The Kier molecular flexibility index (Phi) is 9.14. The third-order valence-electron chi connectivity index (χ3n) is 1.84. The summed E-state index contributed by atoms with van der Waals surface area (Å²) in [4.78, 5) is 10.9. The lowest BCUT2D eigenvalue weighted by Crippen LogP contribution is -2.16. The van der Waals surface area contributed by atoms with Crippen molar-refractivity contribution >= 4 is 53.8 Å². The number of hydrogen-bond acceptors (Lipinski definition) is 2. The molecular weight excluding hydrogens is 392 g/mol. The Bertz CT molecular complexity index is 235. The summed E-state index contributed by atoms with van der Waals surface area (Å²) in [6.07, 6.45) is 4.01. The molecule has 0 saturated heterocycles. The highest BCUT2D eigenvalue weighted by Gasteiger charge is 2.17. The first-order valence-electron chi connectivity index (χ1n) is 4.86. The van der Waals surface area contributed by atoms with Crippen molar-refractivity contribution < 1.29 is 9.53 Å². The molecule has 0 bridgehead atoms. The Hall–Kier alpha value is 0.650. The van der Waals surface area contributed by atoms with E-state index in [1.165, 1.54) is 6.92 Å². The predicted octanol–water partition coefficient (Wildman–Crippen LogP) is 4.85. The second kappa shape index (κ2) is 8.76. The van der Waals surface area contributed by atoms with E-state index in [2.05, 4.69) is 54.7 Å². The standard InChI is InChI=1S/C10H15Br3O2/c1-3-4-5-6-8(15-7(2)14)9(11)10(12)13/h8H,3-6H2,1-2H3. The van der Waals surface area contributed by atoms with Crippen molar-refractivity contribution in [1.29, 1.82) is 0 Å². The van der Waals surface area contributed by atoms with Gasteiger partial charge in [-0.15, -0.1) is 0 Å². The lowest BCUT2D eigenvalue weighted by Gasteiger charge is -2.16. The van der Waals surface area contributed by atoms with Crippen LogP contribution in [0.25, 0.3) is 0 Å². The van der Waals surface area contributed by atoms with E-state index < -0.39 is 0 Å². The highest BCUT2D eigenvalue weighted by Crippen LogP contribution is 2.30. The van der Waals surface area contributed by atoms with Crippen LogP contribution < -0.4 is 0 Å². The minimum Gasteiger partial charge on any atom is -0.457 e. The van der Waals surface area contributed by atoms with Gasteiger partial charge in [-0.05, 0) is 60.6 Å². The summed E-state index contributed by atoms with van der Waals surface area (Å²) in [5, 5.41) is 0. The zero-order valence-electron chi connectivity index (χ0n) is 8.86. The van der Waals surface area contributed by atoms with Crippen LogP contribution in [-0.2, 0) is 9.53 Å². The maximum Gasteiger partial charge on any atom is 0.303 e.